The van der Waals surface area contributed by atoms with Gasteiger partial charge in [0.05, 0.1) is 11.7 Å². The highest BCUT2D eigenvalue weighted by atomic mass is 16.2. The molecule has 0 spiro atoms. The largest absolute Gasteiger partial charge is 0.368 e. The van der Waals surface area contributed by atoms with Gasteiger partial charge in [0.15, 0.2) is 0 Å². The second-order valence-corrected chi connectivity index (χ2v) is 9.25. The summed E-state index contributed by atoms with van der Waals surface area (Å²) < 4.78 is 3.30. The Balaban J connectivity index is 1.48. The van der Waals surface area contributed by atoms with Gasteiger partial charge in [-0.25, -0.2) is 4.68 Å². The van der Waals surface area contributed by atoms with Gasteiger partial charge >= 0.3 is 0 Å². The van der Waals surface area contributed by atoms with E-state index in [1.807, 2.05) is 40.7 Å². The molecule has 1 aliphatic rings. The smallest absolute Gasteiger partial charge is 0.291 e. The molecule has 1 saturated heterocycles. The third kappa shape index (κ3) is 3.56. The Morgan fingerprint density at radius 3 is 2.50 bits per heavy atom. The van der Waals surface area contributed by atoms with Crippen LogP contribution in [0.4, 0.5) is 5.69 Å². The molecule has 1 aliphatic heterocycles. The number of nitrogens with zero attached hydrogens (tertiary/aromatic N) is 5. The highest BCUT2D eigenvalue weighted by Crippen LogP contribution is 2.32. The summed E-state index contributed by atoms with van der Waals surface area (Å²) >= 11 is 0. The van der Waals surface area contributed by atoms with Crippen molar-refractivity contribution in [3.8, 4) is 0 Å². The second-order valence-electron chi connectivity index (χ2n) is 9.25. The van der Waals surface area contributed by atoms with Crippen molar-refractivity contribution < 1.29 is 4.79 Å². The molecule has 176 valence electrons. The molecule has 1 fully saturated rings. The minimum Gasteiger partial charge on any atom is -0.368 e. The van der Waals surface area contributed by atoms with Crippen LogP contribution in [0.15, 0.2) is 53.5 Å². The molecule has 2 aromatic heterocycles. The van der Waals surface area contributed by atoms with E-state index in [0.717, 1.165) is 29.4 Å². The molecule has 5 rings (SSSR count). The molecule has 2 aromatic carbocycles. The summed E-state index contributed by atoms with van der Waals surface area (Å²) in [6, 6.07) is 14.0. The quantitative estimate of drug-likeness (QED) is 0.468. The molecular formula is C27H31N5O2. The number of hydrogen-bond acceptors (Lipinski definition) is 4. The van der Waals surface area contributed by atoms with E-state index in [0.29, 0.717) is 25.0 Å². The number of aromatic nitrogens is 3. The number of amides is 1. The molecule has 0 N–H and O–H groups in total. The number of benzene rings is 2. The van der Waals surface area contributed by atoms with Gasteiger partial charge in [-0.3, -0.25) is 9.59 Å². The number of piperazine rings is 1. The number of anilines is 1. The van der Waals surface area contributed by atoms with Crippen molar-refractivity contribution in [3.05, 3.63) is 70.1 Å². The van der Waals surface area contributed by atoms with Crippen LogP contribution in [0.3, 0.4) is 0 Å². The molecule has 3 heterocycles. The fourth-order valence-electron chi connectivity index (χ4n) is 5.22. The van der Waals surface area contributed by atoms with Gasteiger partial charge in [-0.15, -0.1) is 0 Å². The van der Waals surface area contributed by atoms with Gasteiger partial charge in [0.1, 0.15) is 11.6 Å². The third-order valence-electron chi connectivity index (χ3n) is 7.09. The Bertz CT molecular complexity index is 1440. The number of hydrogen-bond donors (Lipinski definition) is 0. The van der Waals surface area contributed by atoms with Crippen molar-refractivity contribution in [1.82, 2.24) is 19.2 Å². The molecular weight excluding hydrogens is 426 g/mol. The van der Waals surface area contributed by atoms with E-state index >= 15 is 0 Å². The molecule has 1 amide bonds. The first-order valence-corrected chi connectivity index (χ1v) is 12.0. The molecule has 0 bridgehead atoms. The topological polar surface area (TPSA) is 63.4 Å². The summed E-state index contributed by atoms with van der Waals surface area (Å²) in [5.41, 5.74) is 5.01. The molecule has 1 atom stereocenters. The Hall–Kier alpha value is -3.61. The van der Waals surface area contributed by atoms with Crippen LogP contribution >= 0.6 is 0 Å². The van der Waals surface area contributed by atoms with Crippen LogP contribution in [0, 0.1) is 13.8 Å². The lowest BCUT2D eigenvalue weighted by Crippen LogP contribution is -2.50. The molecule has 0 unspecified atom stereocenters. The van der Waals surface area contributed by atoms with Crippen LogP contribution in [-0.2, 0) is 11.8 Å². The van der Waals surface area contributed by atoms with Gasteiger partial charge in [-0.1, -0.05) is 37.3 Å². The van der Waals surface area contributed by atoms with Gasteiger partial charge in [0, 0.05) is 49.7 Å². The first kappa shape index (κ1) is 22.2. The Kier molecular flexibility index (Phi) is 5.63. The Labute approximate surface area is 199 Å². The van der Waals surface area contributed by atoms with E-state index in [1.54, 1.807) is 13.2 Å². The van der Waals surface area contributed by atoms with Crippen LogP contribution < -0.4 is 10.5 Å². The van der Waals surface area contributed by atoms with Gasteiger partial charge in [0.2, 0.25) is 5.91 Å². The first-order chi connectivity index (χ1) is 16.4. The van der Waals surface area contributed by atoms with Crippen LogP contribution in [0.25, 0.3) is 21.8 Å². The van der Waals surface area contributed by atoms with Crippen LogP contribution in [-0.4, -0.2) is 51.3 Å². The standard InChI is InChI=1S/C27H31N5O2/c1-5-22(26(33)31-14-12-30(13-15-31)24-16-18(2)10-11-19(24)3)32-23-9-7-6-8-20(23)21-17-28-29(4)27(34)25(21)32/h6-11,16-17,22H,5,12-15H2,1-4H3/t22-/m0/s1. The second kappa shape index (κ2) is 8.63. The lowest BCUT2D eigenvalue weighted by Gasteiger charge is -2.38. The van der Waals surface area contributed by atoms with E-state index in [4.69, 9.17) is 0 Å². The molecule has 7 heteroatoms. The summed E-state index contributed by atoms with van der Waals surface area (Å²) in [6.07, 6.45) is 2.34. The Morgan fingerprint density at radius 2 is 1.76 bits per heavy atom. The predicted molar refractivity (Wildman–Crippen MR) is 137 cm³/mol. The van der Waals surface area contributed by atoms with Crippen molar-refractivity contribution in [2.24, 2.45) is 7.05 Å². The molecule has 7 nitrogen and oxygen atoms in total. The lowest BCUT2D eigenvalue weighted by molar-refractivity contribution is -0.135. The normalized spacial score (nSPS) is 15.3. The minimum absolute atomic E-state index is 0.0737. The van der Waals surface area contributed by atoms with Crippen molar-refractivity contribution in [2.75, 3.05) is 31.1 Å². The SMILES string of the molecule is CC[C@@H](C(=O)N1CCN(c2cc(C)ccc2C)CC1)n1c2ccccc2c2cnn(C)c(=O)c21. The lowest BCUT2D eigenvalue weighted by atomic mass is 10.1. The minimum atomic E-state index is -0.440. The average molecular weight is 458 g/mol. The monoisotopic (exact) mass is 457 g/mol. The van der Waals surface area contributed by atoms with Crippen LogP contribution in [0.1, 0.15) is 30.5 Å². The average Bonchev–Trinajstić information content (AvgIpc) is 3.18. The highest BCUT2D eigenvalue weighted by Gasteiger charge is 2.31. The fourth-order valence-corrected chi connectivity index (χ4v) is 5.22. The maximum atomic E-state index is 13.8. The highest BCUT2D eigenvalue weighted by molar-refractivity contribution is 6.08. The Morgan fingerprint density at radius 1 is 1.03 bits per heavy atom. The van der Waals surface area contributed by atoms with E-state index in [2.05, 4.69) is 42.0 Å². The maximum absolute atomic E-state index is 13.8. The number of para-hydroxylation sites is 1. The number of carbonyl (C=O) groups excluding carboxylic acids is 1. The van der Waals surface area contributed by atoms with E-state index < -0.39 is 6.04 Å². The van der Waals surface area contributed by atoms with Gasteiger partial charge in [-0.05, 0) is 43.5 Å². The predicted octanol–water partition coefficient (Wildman–Crippen LogP) is 3.80. The fraction of sp³-hybridized carbons (Fsp3) is 0.370. The maximum Gasteiger partial charge on any atom is 0.291 e. The zero-order valence-electron chi connectivity index (χ0n) is 20.3. The van der Waals surface area contributed by atoms with Crippen molar-refractivity contribution >= 4 is 33.4 Å². The summed E-state index contributed by atoms with van der Waals surface area (Å²) in [4.78, 5) is 31.3. The summed E-state index contributed by atoms with van der Waals surface area (Å²) in [7, 11) is 1.65. The van der Waals surface area contributed by atoms with Crippen molar-refractivity contribution in [3.63, 3.8) is 0 Å². The van der Waals surface area contributed by atoms with E-state index in [1.165, 1.54) is 21.5 Å². The molecule has 4 aromatic rings. The van der Waals surface area contributed by atoms with Gasteiger partial charge < -0.3 is 14.4 Å². The van der Waals surface area contributed by atoms with Gasteiger partial charge in [0.25, 0.3) is 5.56 Å². The number of carbonyl (C=O) groups is 1. The summed E-state index contributed by atoms with van der Waals surface area (Å²) in [6.45, 7) is 9.19. The zero-order valence-corrected chi connectivity index (χ0v) is 20.3. The number of rotatable bonds is 4. The van der Waals surface area contributed by atoms with Crippen LogP contribution in [0.2, 0.25) is 0 Å². The zero-order chi connectivity index (χ0) is 24.0. The number of aryl methyl sites for hydroxylation is 3. The van der Waals surface area contributed by atoms with E-state index in [-0.39, 0.29) is 11.5 Å². The molecule has 0 radical (unpaired) electrons. The molecule has 34 heavy (non-hydrogen) atoms. The third-order valence-corrected chi connectivity index (χ3v) is 7.09. The van der Waals surface area contributed by atoms with E-state index in [9.17, 15) is 9.59 Å². The summed E-state index contributed by atoms with van der Waals surface area (Å²) in [5.74, 6) is 0.0737. The number of fused-ring (bicyclic) bond motifs is 3. The van der Waals surface area contributed by atoms with Crippen LogP contribution in [0.5, 0.6) is 0 Å². The van der Waals surface area contributed by atoms with Crippen molar-refractivity contribution in [1.29, 1.82) is 0 Å². The molecule has 0 saturated carbocycles. The summed E-state index contributed by atoms with van der Waals surface area (Å²) in [5, 5.41) is 5.98. The first-order valence-electron chi connectivity index (χ1n) is 12.0. The van der Waals surface area contributed by atoms with Crippen molar-refractivity contribution in [2.45, 2.75) is 33.2 Å². The van der Waals surface area contributed by atoms with Gasteiger partial charge in [-0.2, -0.15) is 5.10 Å². The molecule has 0 aliphatic carbocycles.